The van der Waals surface area contributed by atoms with Crippen molar-refractivity contribution in [3.8, 4) is 0 Å². The third-order valence-electron chi connectivity index (χ3n) is 5.06. The Morgan fingerprint density at radius 2 is 1.81 bits per heavy atom. The van der Waals surface area contributed by atoms with Crippen molar-refractivity contribution in [2.24, 2.45) is 0 Å². The minimum absolute atomic E-state index is 0.0914. The van der Waals surface area contributed by atoms with Gasteiger partial charge in [-0.1, -0.05) is 28.1 Å². The number of hydrogen-bond donors (Lipinski definition) is 0. The van der Waals surface area contributed by atoms with Gasteiger partial charge in [0.1, 0.15) is 6.10 Å². The molecule has 2 bridgehead atoms. The molecule has 2 heterocycles. The first-order valence-corrected chi connectivity index (χ1v) is 8.52. The highest BCUT2D eigenvalue weighted by molar-refractivity contribution is 9.10. The number of nitrogens with zero attached hydrogens (tertiary/aromatic N) is 1. The number of fused-ring (bicyclic) bond motifs is 2. The summed E-state index contributed by atoms with van der Waals surface area (Å²) in [6.07, 6.45) is 4.58. The summed E-state index contributed by atoms with van der Waals surface area (Å²) in [7, 11) is 2.20. The highest BCUT2D eigenvalue weighted by Gasteiger charge is 2.40. The number of piperidine rings is 1. The van der Waals surface area contributed by atoms with E-state index < -0.39 is 0 Å². The van der Waals surface area contributed by atoms with Gasteiger partial charge in [-0.15, -0.1) is 0 Å². The van der Waals surface area contributed by atoms with Crippen LogP contribution in [0.25, 0.3) is 0 Å². The van der Waals surface area contributed by atoms with Gasteiger partial charge in [0.2, 0.25) is 0 Å². The second-order valence-electron chi connectivity index (χ2n) is 6.35. The van der Waals surface area contributed by atoms with Gasteiger partial charge in [-0.05, 0) is 57.4 Å². The monoisotopic (exact) mass is 351 g/mol. The maximum Gasteiger partial charge on any atom is 0.313 e. The first kappa shape index (κ1) is 15.0. The van der Waals surface area contributed by atoms with Crippen molar-refractivity contribution < 1.29 is 9.53 Å². The zero-order chi connectivity index (χ0) is 15.0. The number of carbonyl (C=O) groups is 1. The van der Waals surface area contributed by atoms with Gasteiger partial charge >= 0.3 is 5.97 Å². The Morgan fingerprint density at radius 3 is 2.38 bits per heavy atom. The maximum absolute atomic E-state index is 12.4. The van der Waals surface area contributed by atoms with Crippen molar-refractivity contribution in [3.63, 3.8) is 0 Å². The van der Waals surface area contributed by atoms with E-state index in [9.17, 15) is 4.79 Å². The third-order valence-corrected chi connectivity index (χ3v) is 5.59. The van der Waals surface area contributed by atoms with E-state index in [-0.39, 0.29) is 18.0 Å². The van der Waals surface area contributed by atoms with Crippen LogP contribution in [0.3, 0.4) is 0 Å². The van der Waals surface area contributed by atoms with Crippen molar-refractivity contribution in [3.05, 3.63) is 34.3 Å². The summed E-state index contributed by atoms with van der Waals surface area (Å²) in [6.45, 7) is 1.93. The molecule has 21 heavy (non-hydrogen) atoms. The fraction of sp³-hybridized carbons (Fsp3) is 0.588. The van der Waals surface area contributed by atoms with Crippen LogP contribution in [-0.4, -0.2) is 36.1 Å². The molecule has 0 aliphatic carbocycles. The molecule has 4 atom stereocenters. The number of esters is 1. The Balaban J connectivity index is 1.60. The largest absolute Gasteiger partial charge is 0.462 e. The summed E-state index contributed by atoms with van der Waals surface area (Å²) in [5, 5.41) is 0. The molecule has 2 unspecified atom stereocenters. The second-order valence-corrected chi connectivity index (χ2v) is 7.27. The van der Waals surface area contributed by atoms with Crippen LogP contribution < -0.4 is 0 Å². The van der Waals surface area contributed by atoms with Crippen LogP contribution in [0.4, 0.5) is 0 Å². The lowest BCUT2D eigenvalue weighted by molar-refractivity contribution is -0.153. The average molecular weight is 352 g/mol. The van der Waals surface area contributed by atoms with Gasteiger partial charge in [-0.3, -0.25) is 4.79 Å². The highest BCUT2D eigenvalue weighted by atomic mass is 79.9. The van der Waals surface area contributed by atoms with Crippen LogP contribution in [0, 0.1) is 0 Å². The molecule has 3 nitrogen and oxygen atoms in total. The Morgan fingerprint density at radius 1 is 1.24 bits per heavy atom. The molecule has 0 spiro atoms. The lowest BCUT2D eigenvalue weighted by atomic mass is 9.99. The van der Waals surface area contributed by atoms with Crippen LogP contribution in [0.15, 0.2) is 28.7 Å². The van der Waals surface area contributed by atoms with E-state index >= 15 is 0 Å². The van der Waals surface area contributed by atoms with Crippen molar-refractivity contribution in [2.45, 2.75) is 56.7 Å². The highest BCUT2D eigenvalue weighted by Crippen LogP contribution is 2.36. The van der Waals surface area contributed by atoms with Gasteiger partial charge in [0.05, 0.1) is 5.92 Å². The summed E-state index contributed by atoms with van der Waals surface area (Å²) in [6, 6.07) is 9.10. The Labute approximate surface area is 134 Å². The van der Waals surface area contributed by atoms with Gasteiger partial charge in [-0.2, -0.15) is 0 Å². The molecule has 2 fully saturated rings. The molecule has 0 N–H and O–H groups in total. The molecule has 0 saturated carbocycles. The fourth-order valence-electron chi connectivity index (χ4n) is 3.61. The number of halogens is 1. The molecule has 0 radical (unpaired) electrons. The van der Waals surface area contributed by atoms with Gasteiger partial charge in [0.25, 0.3) is 0 Å². The number of carbonyl (C=O) groups excluding carboxylic acids is 1. The molecule has 0 aromatic heterocycles. The average Bonchev–Trinajstić information content (AvgIpc) is 2.69. The van der Waals surface area contributed by atoms with Crippen LogP contribution in [0.5, 0.6) is 0 Å². The molecule has 0 amide bonds. The summed E-state index contributed by atoms with van der Waals surface area (Å²) < 4.78 is 6.82. The quantitative estimate of drug-likeness (QED) is 0.777. The smallest absolute Gasteiger partial charge is 0.313 e. The summed E-state index contributed by atoms with van der Waals surface area (Å²) in [4.78, 5) is 14.8. The summed E-state index contributed by atoms with van der Waals surface area (Å²) in [5.74, 6) is -0.290. The predicted molar refractivity (Wildman–Crippen MR) is 86.2 cm³/mol. The number of ether oxygens (including phenoxy) is 1. The zero-order valence-electron chi connectivity index (χ0n) is 12.6. The van der Waals surface area contributed by atoms with E-state index in [1.54, 1.807) is 0 Å². The molecular formula is C17H22BrNO2. The van der Waals surface area contributed by atoms with E-state index in [1.807, 2.05) is 31.2 Å². The maximum atomic E-state index is 12.4. The minimum atomic E-state index is -0.199. The number of rotatable bonds is 3. The van der Waals surface area contributed by atoms with Crippen LogP contribution in [-0.2, 0) is 9.53 Å². The molecular weight excluding hydrogens is 330 g/mol. The van der Waals surface area contributed by atoms with E-state index in [4.69, 9.17) is 4.74 Å². The molecule has 1 aromatic carbocycles. The van der Waals surface area contributed by atoms with Gasteiger partial charge < -0.3 is 9.64 Å². The second kappa shape index (κ2) is 6.09. The Bertz CT molecular complexity index is 502. The minimum Gasteiger partial charge on any atom is -0.462 e. The summed E-state index contributed by atoms with van der Waals surface area (Å²) >= 11 is 3.42. The molecule has 4 heteroatoms. The van der Waals surface area contributed by atoms with E-state index in [0.29, 0.717) is 12.1 Å². The Hall–Kier alpha value is -0.870. The van der Waals surface area contributed by atoms with Gasteiger partial charge in [0, 0.05) is 16.6 Å². The van der Waals surface area contributed by atoms with E-state index in [0.717, 1.165) is 22.9 Å². The van der Waals surface area contributed by atoms with E-state index in [1.165, 1.54) is 12.8 Å². The lowest BCUT2D eigenvalue weighted by Crippen LogP contribution is -2.43. The zero-order valence-corrected chi connectivity index (χ0v) is 14.2. The fourth-order valence-corrected chi connectivity index (χ4v) is 3.88. The molecule has 1 aromatic rings. The van der Waals surface area contributed by atoms with Crippen LogP contribution in [0.2, 0.25) is 0 Å². The van der Waals surface area contributed by atoms with Crippen LogP contribution >= 0.6 is 15.9 Å². The van der Waals surface area contributed by atoms with Crippen LogP contribution in [0.1, 0.15) is 44.1 Å². The number of benzene rings is 1. The van der Waals surface area contributed by atoms with Crippen molar-refractivity contribution >= 4 is 21.9 Å². The first-order chi connectivity index (χ1) is 10.0. The van der Waals surface area contributed by atoms with Gasteiger partial charge in [-0.25, -0.2) is 0 Å². The molecule has 2 aliphatic rings. The third kappa shape index (κ3) is 3.16. The first-order valence-electron chi connectivity index (χ1n) is 7.72. The van der Waals surface area contributed by atoms with Gasteiger partial charge in [0.15, 0.2) is 0 Å². The lowest BCUT2D eigenvalue weighted by Gasteiger charge is -2.36. The molecule has 2 aliphatic heterocycles. The van der Waals surface area contributed by atoms with Crippen molar-refractivity contribution in [1.29, 1.82) is 0 Å². The van der Waals surface area contributed by atoms with Crippen molar-refractivity contribution in [1.82, 2.24) is 4.90 Å². The SMILES string of the molecule is CC(C(=O)OC1C[C@H]2CC[C@@H](C1)N2C)c1ccc(Br)cc1. The van der Waals surface area contributed by atoms with Crippen molar-refractivity contribution in [2.75, 3.05) is 7.05 Å². The normalized spacial score (nSPS) is 30.1. The topological polar surface area (TPSA) is 29.5 Å². The summed E-state index contributed by atoms with van der Waals surface area (Å²) in [5.41, 5.74) is 1.01. The Kier molecular flexibility index (Phi) is 4.36. The number of hydrogen-bond acceptors (Lipinski definition) is 3. The van der Waals surface area contributed by atoms with E-state index in [2.05, 4.69) is 27.9 Å². The predicted octanol–water partition coefficient (Wildman–Crippen LogP) is 3.72. The standard InChI is InChI=1S/C17H22BrNO2/c1-11(12-3-5-13(18)6-4-12)17(20)21-16-9-14-7-8-15(10-16)19(14)2/h3-6,11,14-16H,7-10H2,1-2H3/t11?,14-,15+,16?. The molecule has 2 saturated heterocycles. The molecule has 3 rings (SSSR count). The molecule has 114 valence electrons.